The van der Waals surface area contributed by atoms with Crippen LogP contribution in [-0.4, -0.2) is 38.7 Å². The van der Waals surface area contributed by atoms with Crippen molar-refractivity contribution in [2.24, 2.45) is 5.41 Å². The number of hydrogen-bond donors (Lipinski definition) is 0. The number of nitrogens with zero attached hydrogens (tertiary/aromatic N) is 5. The number of hydrogen-bond acceptors (Lipinski definition) is 6. The number of nitriles is 1. The molecule has 3 rings (SSSR count). The molecule has 0 aromatic carbocycles. The van der Waals surface area contributed by atoms with E-state index in [4.69, 9.17) is 4.74 Å². The predicted molar refractivity (Wildman–Crippen MR) is 96.0 cm³/mol. The number of pyridine rings is 1. The van der Waals surface area contributed by atoms with Crippen molar-refractivity contribution in [3.8, 4) is 6.07 Å². The maximum absolute atomic E-state index is 9.50. The lowest BCUT2D eigenvalue weighted by Gasteiger charge is -2.30. The molecule has 1 aliphatic rings. The summed E-state index contributed by atoms with van der Waals surface area (Å²) in [5, 5.41) is 18.7. The van der Waals surface area contributed by atoms with Crippen LogP contribution >= 0.6 is 11.8 Å². The lowest BCUT2D eigenvalue weighted by atomic mass is 9.78. The molecule has 1 aliphatic heterocycles. The fourth-order valence-corrected chi connectivity index (χ4v) is 3.92. The Bertz CT molecular complexity index is 691. The van der Waals surface area contributed by atoms with Crippen molar-refractivity contribution in [3.05, 3.63) is 36.4 Å². The van der Waals surface area contributed by atoms with Gasteiger partial charge >= 0.3 is 0 Å². The van der Waals surface area contributed by atoms with Crippen LogP contribution < -0.4 is 0 Å². The van der Waals surface area contributed by atoms with Crippen LogP contribution in [-0.2, 0) is 17.7 Å². The highest BCUT2D eigenvalue weighted by Gasteiger charge is 2.31. The summed E-state index contributed by atoms with van der Waals surface area (Å²) in [5.74, 6) is 0.951. The fraction of sp³-hybridized carbons (Fsp3) is 0.556. The molecule has 2 aromatic rings. The molecule has 0 spiro atoms. The fourth-order valence-electron chi connectivity index (χ4n) is 3.04. The lowest BCUT2D eigenvalue weighted by Crippen LogP contribution is -2.28. The molecule has 3 heterocycles. The molecule has 0 radical (unpaired) electrons. The molecule has 0 atom stereocenters. The van der Waals surface area contributed by atoms with Gasteiger partial charge in [-0.05, 0) is 37.8 Å². The van der Waals surface area contributed by atoms with Crippen LogP contribution in [0.25, 0.3) is 0 Å². The average molecular weight is 357 g/mol. The maximum Gasteiger partial charge on any atom is 0.191 e. The van der Waals surface area contributed by atoms with Crippen LogP contribution in [0, 0.1) is 16.7 Å². The van der Waals surface area contributed by atoms with E-state index in [1.54, 1.807) is 18.1 Å². The number of aryl methyl sites for hydroxylation is 2. The molecule has 2 aromatic heterocycles. The van der Waals surface area contributed by atoms with Crippen molar-refractivity contribution in [1.29, 1.82) is 5.26 Å². The molecular formula is C18H23N5OS. The summed E-state index contributed by atoms with van der Waals surface area (Å²) < 4.78 is 7.47. The highest BCUT2D eigenvalue weighted by atomic mass is 32.2. The van der Waals surface area contributed by atoms with Crippen LogP contribution in [0.3, 0.4) is 0 Å². The predicted octanol–water partition coefficient (Wildman–Crippen LogP) is 3.11. The van der Waals surface area contributed by atoms with Gasteiger partial charge in [-0.3, -0.25) is 4.98 Å². The van der Waals surface area contributed by atoms with Gasteiger partial charge in [-0.25, -0.2) is 0 Å². The third-order valence-corrected chi connectivity index (χ3v) is 5.70. The van der Waals surface area contributed by atoms with Gasteiger partial charge in [0.05, 0.1) is 11.5 Å². The van der Waals surface area contributed by atoms with Crippen molar-refractivity contribution in [1.82, 2.24) is 19.7 Å². The number of thioether (sulfide) groups is 1. The van der Waals surface area contributed by atoms with Crippen LogP contribution in [0.2, 0.25) is 0 Å². The lowest BCUT2D eigenvalue weighted by molar-refractivity contribution is 0.0368. The Kier molecular flexibility index (Phi) is 6.42. The minimum Gasteiger partial charge on any atom is -0.381 e. The average Bonchev–Trinajstić information content (AvgIpc) is 3.12. The minimum absolute atomic E-state index is 0.189. The van der Waals surface area contributed by atoms with Gasteiger partial charge in [-0.1, -0.05) is 17.8 Å². The van der Waals surface area contributed by atoms with E-state index in [9.17, 15) is 5.26 Å². The second kappa shape index (κ2) is 8.97. The van der Waals surface area contributed by atoms with Crippen LogP contribution in [0.5, 0.6) is 0 Å². The maximum atomic E-state index is 9.50. The Morgan fingerprint density at radius 3 is 2.96 bits per heavy atom. The van der Waals surface area contributed by atoms with Crippen molar-refractivity contribution in [2.45, 2.75) is 43.8 Å². The van der Waals surface area contributed by atoms with Gasteiger partial charge in [0.25, 0.3) is 0 Å². The third-order valence-electron chi connectivity index (χ3n) is 4.63. The van der Waals surface area contributed by atoms with Crippen LogP contribution in [0.4, 0.5) is 0 Å². The summed E-state index contributed by atoms with van der Waals surface area (Å²) >= 11 is 1.71. The molecule has 0 aliphatic carbocycles. The van der Waals surface area contributed by atoms with Crippen LogP contribution in [0.15, 0.2) is 35.9 Å². The highest BCUT2D eigenvalue weighted by molar-refractivity contribution is 7.99. The zero-order chi connectivity index (χ0) is 17.4. The van der Waals surface area contributed by atoms with Gasteiger partial charge in [0.1, 0.15) is 6.33 Å². The molecule has 0 amide bonds. The minimum atomic E-state index is -0.189. The van der Waals surface area contributed by atoms with E-state index < -0.39 is 0 Å². The Hall–Kier alpha value is -1.91. The molecule has 25 heavy (non-hydrogen) atoms. The van der Waals surface area contributed by atoms with Crippen molar-refractivity contribution in [2.75, 3.05) is 19.0 Å². The summed E-state index contributed by atoms with van der Waals surface area (Å²) in [7, 11) is 0. The molecule has 1 fully saturated rings. The number of rotatable bonds is 8. The first-order valence-corrected chi connectivity index (χ1v) is 9.69. The summed E-state index contributed by atoms with van der Waals surface area (Å²) in [4.78, 5) is 4.35. The van der Waals surface area contributed by atoms with Gasteiger partial charge in [0, 0.05) is 43.8 Å². The summed E-state index contributed by atoms with van der Waals surface area (Å²) in [6, 6.07) is 8.50. The number of aromatic nitrogens is 4. The third kappa shape index (κ3) is 5.03. The first-order chi connectivity index (χ1) is 12.3. The molecular weight excluding hydrogens is 334 g/mol. The van der Waals surface area contributed by atoms with Gasteiger partial charge in [-0.15, -0.1) is 10.2 Å². The molecule has 0 N–H and O–H groups in total. The summed E-state index contributed by atoms with van der Waals surface area (Å²) in [5.41, 5.74) is 0.883. The first kappa shape index (κ1) is 17.9. The molecule has 0 unspecified atom stereocenters. The summed E-state index contributed by atoms with van der Waals surface area (Å²) in [6.45, 7) is 2.25. The van der Waals surface area contributed by atoms with Gasteiger partial charge < -0.3 is 9.30 Å². The van der Waals surface area contributed by atoms with E-state index in [0.29, 0.717) is 13.2 Å². The monoisotopic (exact) mass is 357 g/mol. The van der Waals surface area contributed by atoms with Crippen molar-refractivity contribution in [3.63, 3.8) is 0 Å². The second-order valence-electron chi connectivity index (χ2n) is 6.33. The van der Waals surface area contributed by atoms with Crippen molar-refractivity contribution >= 4 is 11.8 Å². The molecule has 0 bridgehead atoms. The van der Waals surface area contributed by atoms with E-state index in [1.165, 1.54) is 0 Å². The Labute approximate surface area is 152 Å². The summed E-state index contributed by atoms with van der Waals surface area (Å²) in [6.07, 6.45) is 8.11. The quantitative estimate of drug-likeness (QED) is 0.534. The normalized spacial score (nSPS) is 16.4. The molecule has 0 saturated carbocycles. The zero-order valence-electron chi connectivity index (χ0n) is 14.3. The van der Waals surface area contributed by atoms with E-state index in [1.807, 2.05) is 24.4 Å². The molecule has 1 saturated heterocycles. The molecule has 132 valence electrons. The first-order valence-electron chi connectivity index (χ1n) is 8.71. The molecule has 6 nitrogen and oxygen atoms in total. The zero-order valence-corrected chi connectivity index (χ0v) is 15.1. The van der Waals surface area contributed by atoms with Gasteiger partial charge in [0.15, 0.2) is 5.16 Å². The second-order valence-corrected chi connectivity index (χ2v) is 7.40. The smallest absolute Gasteiger partial charge is 0.191 e. The highest BCUT2D eigenvalue weighted by Crippen LogP contribution is 2.35. The number of ether oxygens (including phenoxy) is 1. The Morgan fingerprint density at radius 1 is 1.32 bits per heavy atom. The SMILES string of the molecule is N#CC1(CCCSc2nncn2CCc2ccccn2)CCOCC1. The topological polar surface area (TPSA) is 76.6 Å². The Morgan fingerprint density at radius 2 is 2.20 bits per heavy atom. The van der Waals surface area contributed by atoms with Crippen LogP contribution in [0.1, 0.15) is 31.4 Å². The Balaban J connectivity index is 1.44. The van der Waals surface area contributed by atoms with Crippen molar-refractivity contribution < 1.29 is 4.74 Å². The van der Waals surface area contributed by atoms with E-state index >= 15 is 0 Å². The van der Waals surface area contributed by atoms with Gasteiger partial charge in [-0.2, -0.15) is 5.26 Å². The van der Waals surface area contributed by atoms with E-state index in [2.05, 4.69) is 25.8 Å². The van der Waals surface area contributed by atoms with Gasteiger partial charge in [0.2, 0.25) is 0 Å². The van der Waals surface area contributed by atoms with E-state index in [-0.39, 0.29) is 5.41 Å². The molecule has 7 heteroatoms. The largest absolute Gasteiger partial charge is 0.381 e. The van der Waals surface area contributed by atoms with E-state index in [0.717, 1.165) is 55.3 Å². The standard InChI is InChI=1S/C18H23N5OS/c19-14-18(7-11-24-12-8-18)6-3-13-25-17-22-21-15-23(17)10-5-16-4-1-2-9-20-16/h1-2,4,9,15H,3,5-8,10-13H2.